The number of rotatable bonds is 5. The number of benzene rings is 1. The summed E-state index contributed by atoms with van der Waals surface area (Å²) in [7, 11) is 0. The zero-order valence-electron chi connectivity index (χ0n) is 15.2. The highest BCUT2D eigenvalue weighted by molar-refractivity contribution is 7.17. The maximum atomic E-state index is 12.6. The summed E-state index contributed by atoms with van der Waals surface area (Å²) in [4.78, 5) is 29.1. The Labute approximate surface area is 152 Å². The van der Waals surface area contributed by atoms with Crippen molar-refractivity contribution in [3.8, 4) is 0 Å². The first-order valence-electron chi connectivity index (χ1n) is 8.23. The van der Waals surface area contributed by atoms with Gasteiger partial charge in [0.05, 0.1) is 5.69 Å². The number of thiazole rings is 1. The molecule has 3 amide bonds. The van der Waals surface area contributed by atoms with Crippen LogP contribution in [-0.2, 0) is 0 Å². The van der Waals surface area contributed by atoms with Crippen LogP contribution in [0.25, 0.3) is 0 Å². The molecule has 25 heavy (non-hydrogen) atoms. The Morgan fingerprint density at radius 1 is 1.08 bits per heavy atom. The van der Waals surface area contributed by atoms with E-state index in [0.29, 0.717) is 22.2 Å². The largest absolute Gasteiger partial charge is 0.338 e. The van der Waals surface area contributed by atoms with Crippen LogP contribution in [0.1, 0.15) is 45.4 Å². The molecule has 0 bridgehead atoms. The zero-order valence-corrected chi connectivity index (χ0v) is 16.1. The van der Waals surface area contributed by atoms with E-state index in [1.807, 2.05) is 39.8 Å². The summed E-state index contributed by atoms with van der Waals surface area (Å²) in [5.74, 6) is -0.216. The van der Waals surface area contributed by atoms with Gasteiger partial charge < -0.3 is 10.6 Å². The highest BCUT2D eigenvalue weighted by Crippen LogP contribution is 2.26. The molecule has 1 aromatic heterocycles. The predicted molar refractivity (Wildman–Crippen MR) is 103 cm³/mol. The van der Waals surface area contributed by atoms with E-state index in [-0.39, 0.29) is 11.9 Å². The molecule has 2 rings (SSSR count). The molecule has 3 N–H and O–H groups in total. The number of nitrogens with one attached hydrogen (secondary N) is 3. The van der Waals surface area contributed by atoms with Gasteiger partial charge in [0.15, 0.2) is 5.13 Å². The van der Waals surface area contributed by atoms with Crippen molar-refractivity contribution in [1.82, 2.24) is 10.3 Å². The minimum atomic E-state index is -0.312. The lowest BCUT2D eigenvalue weighted by Crippen LogP contribution is -2.29. The van der Waals surface area contributed by atoms with Gasteiger partial charge in [0.2, 0.25) is 0 Å². The molecular formula is C18H24N4O2S. The molecule has 0 aliphatic carbocycles. The van der Waals surface area contributed by atoms with Gasteiger partial charge in [-0.05, 0) is 45.2 Å². The molecule has 0 radical (unpaired) electrons. The molecule has 1 heterocycles. The highest BCUT2D eigenvalue weighted by atomic mass is 32.1. The normalized spacial score (nSPS) is 10.4. The van der Waals surface area contributed by atoms with Crippen molar-refractivity contribution < 1.29 is 9.59 Å². The van der Waals surface area contributed by atoms with Gasteiger partial charge in [-0.2, -0.15) is 0 Å². The van der Waals surface area contributed by atoms with Crippen molar-refractivity contribution in [2.75, 3.05) is 17.2 Å². The summed E-state index contributed by atoms with van der Waals surface area (Å²) >= 11 is 1.17. The van der Waals surface area contributed by atoms with Crippen molar-refractivity contribution in [2.45, 2.75) is 41.0 Å². The van der Waals surface area contributed by atoms with Gasteiger partial charge >= 0.3 is 6.03 Å². The quantitative estimate of drug-likeness (QED) is 0.748. The van der Waals surface area contributed by atoms with Gasteiger partial charge in [0.1, 0.15) is 4.88 Å². The van der Waals surface area contributed by atoms with E-state index < -0.39 is 0 Å². The van der Waals surface area contributed by atoms with E-state index in [0.717, 1.165) is 28.8 Å². The van der Waals surface area contributed by atoms with Crippen molar-refractivity contribution >= 4 is 34.1 Å². The minimum absolute atomic E-state index is 0.216. The molecule has 6 nitrogen and oxygen atoms in total. The van der Waals surface area contributed by atoms with Crippen LogP contribution in [0.3, 0.4) is 0 Å². The van der Waals surface area contributed by atoms with Crippen LogP contribution in [-0.4, -0.2) is 23.5 Å². The first-order chi connectivity index (χ1) is 11.8. The first-order valence-corrected chi connectivity index (χ1v) is 9.05. The topological polar surface area (TPSA) is 83.1 Å². The maximum absolute atomic E-state index is 12.6. The number of carbonyl (C=O) groups excluding carboxylic acids is 2. The molecule has 0 saturated heterocycles. The van der Waals surface area contributed by atoms with Crippen LogP contribution in [0.2, 0.25) is 0 Å². The Hall–Kier alpha value is -2.41. The van der Waals surface area contributed by atoms with Crippen molar-refractivity contribution in [1.29, 1.82) is 0 Å². The fourth-order valence-corrected chi connectivity index (χ4v) is 3.44. The fourth-order valence-electron chi connectivity index (χ4n) is 2.59. The van der Waals surface area contributed by atoms with Crippen LogP contribution in [0, 0.1) is 27.7 Å². The lowest BCUT2D eigenvalue weighted by atomic mass is 10.1. The molecule has 0 unspecified atom stereocenters. The summed E-state index contributed by atoms with van der Waals surface area (Å²) in [6.45, 7) is 10.3. The average Bonchev–Trinajstić information content (AvgIpc) is 2.89. The molecule has 0 saturated carbocycles. The van der Waals surface area contributed by atoms with E-state index in [9.17, 15) is 9.59 Å². The number of anilines is 2. The van der Waals surface area contributed by atoms with E-state index in [2.05, 4.69) is 20.9 Å². The third-order valence-corrected chi connectivity index (χ3v) is 4.75. The number of hydrogen-bond acceptors (Lipinski definition) is 4. The Kier molecular flexibility index (Phi) is 6.14. The number of urea groups is 1. The summed E-state index contributed by atoms with van der Waals surface area (Å²) in [5.41, 5.74) is 4.61. The summed E-state index contributed by atoms with van der Waals surface area (Å²) in [5, 5.41) is 8.76. The van der Waals surface area contributed by atoms with Gasteiger partial charge in [0, 0.05) is 12.2 Å². The number of aryl methyl sites for hydroxylation is 4. The van der Waals surface area contributed by atoms with Gasteiger partial charge in [-0.1, -0.05) is 36.0 Å². The average molecular weight is 360 g/mol. The van der Waals surface area contributed by atoms with Crippen LogP contribution in [0.15, 0.2) is 12.1 Å². The molecule has 2 aromatic rings. The Morgan fingerprint density at radius 2 is 1.72 bits per heavy atom. The third kappa shape index (κ3) is 4.79. The monoisotopic (exact) mass is 360 g/mol. The number of aromatic nitrogens is 1. The van der Waals surface area contributed by atoms with Gasteiger partial charge in [0.25, 0.3) is 5.91 Å². The lowest BCUT2D eigenvalue weighted by Gasteiger charge is -2.12. The molecule has 134 valence electrons. The van der Waals surface area contributed by atoms with Crippen LogP contribution in [0.5, 0.6) is 0 Å². The molecule has 0 aliphatic rings. The molecule has 0 aliphatic heterocycles. The second-order valence-electron chi connectivity index (χ2n) is 6.04. The number of hydrogen-bond donors (Lipinski definition) is 3. The summed E-state index contributed by atoms with van der Waals surface area (Å²) in [6.07, 6.45) is 0.854. The van der Waals surface area contributed by atoms with Crippen LogP contribution < -0.4 is 16.0 Å². The van der Waals surface area contributed by atoms with E-state index in [1.165, 1.54) is 11.3 Å². The predicted octanol–water partition coefficient (Wildman–Crippen LogP) is 4.16. The molecule has 0 spiro atoms. The van der Waals surface area contributed by atoms with Gasteiger partial charge in [-0.25, -0.2) is 9.78 Å². The second kappa shape index (κ2) is 8.11. The Morgan fingerprint density at radius 3 is 2.32 bits per heavy atom. The summed E-state index contributed by atoms with van der Waals surface area (Å²) < 4.78 is 0. The second-order valence-corrected chi connectivity index (χ2v) is 7.04. The fraction of sp³-hybridized carbons (Fsp3) is 0.389. The molecule has 0 fully saturated rings. The van der Waals surface area contributed by atoms with Crippen molar-refractivity contribution in [2.24, 2.45) is 0 Å². The van der Waals surface area contributed by atoms with E-state index >= 15 is 0 Å². The number of carbonyl (C=O) groups is 2. The molecule has 0 atom stereocenters. The third-order valence-electron chi connectivity index (χ3n) is 3.67. The maximum Gasteiger partial charge on any atom is 0.321 e. The Balaban J connectivity index is 2.14. The smallest absolute Gasteiger partial charge is 0.321 e. The first kappa shape index (κ1) is 18.9. The summed E-state index contributed by atoms with van der Waals surface area (Å²) in [6, 6.07) is 3.76. The molecule has 1 aromatic carbocycles. The van der Waals surface area contributed by atoms with E-state index in [4.69, 9.17) is 0 Å². The number of nitrogens with zero attached hydrogens (tertiary/aromatic N) is 1. The highest BCUT2D eigenvalue weighted by Gasteiger charge is 2.18. The van der Waals surface area contributed by atoms with Crippen molar-refractivity contribution in [3.05, 3.63) is 39.4 Å². The SMILES string of the molecule is CCCNC(=O)Nc1nc(C)c(C(=O)Nc2c(C)cc(C)cc2C)s1. The van der Waals surface area contributed by atoms with Crippen molar-refractivity contribution in [3.63, 3.8) is 0 Å². The number of amides is 3. The van der Waals surface area contributed by atoms with Gasteiger partial charge in [-0.3, -0.25) is 10.1 Å². The van der Waals surface area contributed by atoms with Gasteiger partial charge in [-0.15, -0.1) is 0 Å². The molecule has 7 heteroatoms. The minimum Gasteiger partial charge on any atom is -0.338 e. The van der Waals surface area contributed by atoms with Crippen LogP contribution >= 0.6 is 11.3 Å². The van der Waals surface area contributed by atoms with E-state index in [1.54, 1.807) is 6.92 Å². The molecular weight excluding hydrogens is 336 g/mol. The van der Waals surface area contributed by atoms with Crippen LogP contribution in [0.4, 0.5) is 15.6 Å². The standard InChI is InChI=1S/C18H24N4O2S/c1-6-7-19-17(24)22-18-20-13(5)15(25-18)16(23)21-14-11(3)8-10(2)9-12(14)4/h8-9H,6-7H2,1-5H3,(H,21,23)(H2,19,20,22,24). The Bertz CT molecular complexity index is 775. The zero-order chi connectivity index (χ0) is 18.6. The lowest BCUT2D eigenvalue weighted by molar-refractivity contribution is 0.102.